The molecule has 0 aromatic heterocycles. The molecule has 0 aliphatic rings. The number of nitrogens with zero attached hydrogens (tertiary/aromatic N) is 1. The first-order valence-electron chi connectivity index (χ1n) is 7.82. The van der Waals surface area contributed by atoms with Gasteiger partial charge in [-0.1, -0.05) is 60.7 Å². The van der Waals surface area contributed by atoms with E-state index in [1.807, 2.05) is 42.5 Å². The fourth-order valence-corrected chi connectivity index (χ4v) is 2.60. The van der Waals surface area contributed by atoms with Crippen LogP contribution in [0.4, 0.5) is 0 Å². The minimum Gasteiger partial charge on any atom is -0.496 e. The van der Waals surface area contributed by atoms with E-state index in [1.54, 1.807) is 31.4 Å². The van der Waals surface area contributed by atoms with Crippen LogP contribution in [0.25, 0.3) is 10.8 Å². The number of aliphatic hydroxyl groups is 1. The summed E-state index contributed by atoms with van der Waals surface area (Å²) in [6, 6.07) is 20.3. The van der Waals surface area contributed by atoms with Crippen molar-refractivity contribution in [1.29, 1.82) is 0 Å². The van der Waals surface area contributed by atoms with Crippen LogP contribution in [-0.2, 0) is 4.79 Å². The number of carbonyl (C=O) groups excluding carboxylic acids is 1. The van der Waals surface area contributed by atoms with Gasteiger partial charge in [-0.3, -0.25) is 4.79 Å². The highest BCUT2D eigenvalue weighted by Crippen LogP contribution is 2.26. The number of amides is 1. The van der Waals surface area contributed by atoms with Crippen molar-refractivity contribution in [3.63, 3.8) is 0 Å². The van der Waals surface area contributed by atoms with Crippen molar-refractivity contribution >= 4 is 22.9 Å². The van der Waals surface area contributed by atoms with Crippen molar-refractivity contribution in [3.8, 4) is 5.75 Å². The number of rotatable bonds is 5. The summed E-state index contributed by atoms with van der Waals surface area (Å²) in [7, 11) is 1.58. The maximum Gasteiger partial charge on any atom is 0.273 e. The third kappa shape index (κ3) is 3.67. The van der Waals surface area contributed by atoms with Crippen molar-refractivity contribution in [2.45, 2.75) is 6.10 Å². The van der Waals surface area contributed by atoms with Gasteiger partial charge in [0.15, 0.2) is 6.10 Å². The number of nitrogens with one attached hydrogen (secondary N) is 1. The topological polar surface area (TPSA) is 70.9 Å². The number of carbonyl (C=O) groups is 1. The van der Waals surface area contributed by atoms with Crippen LogP contribution >= 0.6 is 0 Å². The van der Waals surface area contributed by atoms with E-state index in [2.05, 4.69) is 10.5 Å². The van der Waals surface area contributed by atoms with Crippen LogP contribution in [0.15, 0.2) is 71.8 Å². The number of ether oxygens (including phenoxy) is 1. The molecule has 3 rings (SSSR count). The second-order valence-corrected chi connectivity index (χ2v) is 5.45. The molecule has 1 amide bonds. The monoisotopic (exact) mass is 334 g/mol. The molecule has 0 heterocycles. The second kappa shape index (κ2) is 7.59. The Balaban J connectivity index is 1.80. The van der Waals surface area contributed by atoms with Crippen LogP contribution in [0.1, 0.15) is 17.2 Å². The van der Waals surface area contributed by atoms with E-state index in [9.17, 15) is 9.90 Å². The molecule has 0 saturated carbocycles. The van der Waals surface area contributed by atoms with Gasteiger partial charge in [-0.25, -0.2) is 5.43 Å². The Morgan fingerprint density at radius 2 is 1.80 bits per heavy atom. The van der Waals surface area contributed by atoms with Gasteiger partial charge in [0.2, 0.25) is 0 Å². The Kier molecular flexibility index (Phi) is 5.06. The molecule has 3 aromatic carbocycles. The lowest BCUT2D eigenvalue weighted by Gasteiger charge is -2.10. The molecule has 3 aromatic rings. The molecule has 126 valence electrons. The lowest BCUT2D eigenvalue weighted by atomic mass is 10.0. The normalized spacial score (nSPS) is 12.2. The Morgan fingerprint density at radius 1 is 1.08 bits per heavy atom. The maximum atomic E-state index is 12.0. The van der Waals surface area contributed by atoms with Crippen LogP contribution in [0, 0.1) is 0 Å². The molecule has 5 nitrogen and oxygen atoms in total. The summed E-state index contributed by atoms with van der Waals surface area (Å²) in [4.78, 5) is 12.0. The van der Waals surface area contributed by atoms with Crippen molar-refractivity contribution < 1.29 is 14.6 Å². The number of aliphatic hydroxyl groups excluding tert-OH is 1. The Labute approximate surface area is 145 Å². The van der Waals surface area contributed by atoms with Gasteiger partial charge in [0.1, 0.15) is 5.75 Å². The molecule has 0 bridgehead atoms. The van der Waals surface area contributed by atoms with Crippen LogP contribution in [0.3, 0.4) is 0 Å². The number of hydrazone groups is 1. The minimum absolute atomic E-state index is 0.512. The average Bonchev–Trinajstić information content (AvgIpc) is 2.68. The Bertz CT molecular complexity index is 907. The third-order valence-corrected chi connectivity index (χ3v) is 3.88. The van der Waals surface area contributed by atoms with Crippen molar-refractivity contribution in [3.05, 3.63) is 77.9 Å². The van der Waals surface area contributed by atoms with E-state index in [1.165, 1.54) is 6.21 Å². The summed E-state index contributed by atoms with van der Waals surface area (Å²) in [5.41, 5.74) is 3.64. The second-order valence-electron chi connectivity index (χ2n) is 5.45. The Morgan fingerprint density at radius 3 is 2.56 bits per heavy atom. The number of fused-ring (bicyclic) bond motifs is 1. The molecule has 0 fully saturated rings. The van der Waals surface area contributed by atoms with Gasteiger partial charge in [0.05, 0.1) is 13.3 Å². The molecule has 0 radical (unpaired) electrons. The van der Waals surface area contributed by atoms with Crippen LogP contribution in [0.2, 0.25) is 0 Å². The standard InChI is InChI=1S/C20H18N2O3/c1-25-18-12-11-14-7-5-6-10-16(14)17(18)13-21-22-20(24)19(23)15-8-3-2-4-9-15/h2-13,19,23H,1H3,(H,22,24)/b21-13-/t19-/m0/s1. The zero-order chi connectivity index (χ0) is 17.6. The number of hydrogen-bond donors (Lipinski definition) is 2. The summed E-state index contributed by atoms with van der Waals surface area (Å²) < 4.78 is 5.37. The first-order chi connectivity index (χ1) is 12.2. The fourth-order valence-electron chi connectivity index (χ4n) is 2.60. The third-order valence-electron chi connectivity index (χ3n) is 3.88. The number of benzene rings is 3. The summed E-state index contributed by atoms with van der Waals surface area (Å²) in [5.74, 6) is 0.0574. The van der Waals surface area contributed by atoms with Gasteiger partial charge < -0.3 is 9.84 Å². The van der Waals surface area contributed by atoms with E-state index in [0.717, 1.165) is 16.3 Å². The smallest absolute Gasteiger partial charge is 0.273 e. The van der Waals surface area contributed by atoms with E-state index < -0.39 is 12.0 Å². The van der Waals surface area contributed by atoms with E-state index in [0.29, 0.717) is 11.3 Å². The summed E-state index contributed by atoms with van der Waals surface area (Å²) >= 11 is 0. The van der Waals surface area contributed by atoms with Gasteiger partial charge >= 0.3 is 0 Å². The molecular formula is C20H18N2O3. The van der Waals surface area contributed by atoms with E-state index >= 15 is 0 Å². The van der Waals surface area contributed by atoms with E-state index in [-0.39, 0.29) is 0 Å². The predicted octanol–water partition coefficient (Wildman–Crippen LogP) is 3.03. The zero-order valence-electron chi connectivity index (χ0n) is 13.7. The summed E-state index contributed by atoms with van der Waals surface area (Å²) in [6.07, 6.45) is 0.254. The highest BCUT2D eigenvalue weighted by molar-refractivity contribution is 6.02. The van der Waals surface area contributed by atoms with Crippen LogP contribution in [0.5, 0.6) is 5.75 Å². The maximum absolute atomic E-state index is 12.0. The zero-order valence-corrected chi connectivity index (χ0v) is 13.7. The summed E-state index contributed by atoms with van der Waals surface area (Å²) in [5, 5.41) is 16.0. The van der Waals surface area contributed by atoms with Gasteiger partial charge in [0.25, 0.3) is 5.91 Å². The van der Waals surface area contributed by atoms with Crippen LogP contribution < -0.4 is 10.2 Å². The highest BCUT2D eigenvalue weighted by atomic mass is 16.5. The molecule has 0 spiro atoms. The highest BCUT2D eigenvalue weighted by Gasteiger charge is 2.16. The predicted molar refractivity (Wildman–Crippen MR) is 97.6 cm³/mol. The first kappa shape index (κ1) is 16.7. The molecule has 0 saturated heterocycles. The SMILES string of the molecule is COc1ccc2ccccc2c1/C=N\NC(=O)[C@@H](O)c1ccccc1. The molecule has 5 heteroatoms. The largest absolute Gasteiger partial charge is 0.496 e. The number of hydrogen-bond acceptors (Lipinski definition) is 4. The molecule has 2 N–H and O–H groups in total. The molecule has 0 aliphatic carbocycles. The van der Waals surface area contributed by atoms with Crippen molar-refractivity contribution in [2.24, 2.45) is 5.10 Å². The summed E-state index contributed by atoms with van der Waals surface area (Å²) in [6.45, 7) is 0. The molecule has 0 unspecified atom stereocenters. The van der Waals surface area contributed by atoms with Crippen molar-refractivity contribution in [2.75, 3.05) is 7.11 Å². The lowest BCUT2D eigenvalue weighted by Crippen LogP contribution is -2.25. The lowest BCUT2D eigenvalue weighted by molar-refractivity contribution is -0.129. The molecule has 0 aliphatic heterocycles. The molecule has 25 heavy (non-hydrogen) atoms. The fraction of sp³-hybridized carbons (Fsp3) is 0.100. The van der Waals surface area contributed by atoms with Gasteiger partial charge in [-0.05, 0) is 22.4 Å². The number of methoxy groups -OCH3 is 1. The first-order valence-corrected chi connectivity index (χ1v) is 7.82. The molecule has 1 atom stereocenters. The van der Waals surface area contributed by atoms with Gasteiger partial charge in [-0.2, -0.15) is 5.10 Å². The van der Waals surface area contributed by atoms with Gasteiger partial charge in [-0.15, -0.1) is 0 Å². The van der Waals surface area contributed by atoms with Crippen LogP contribution in [-0.4, -0.2) is 24.3 Å². The van der Waals surface area contributed by atoms with Gasteiger partial charge in [0, 0.05) is 5.56 Å². The average molecular weight is 334 g/mol. The molecular weight excluding hydrogens is 316 g/mol. The Hall–Kier alpha value is -3.18. The van der Waals surface area contributed by atoms with E-state index in [4.69, 9.17) is 4.74 Å². The van der Waals surface area contributed by atoms with Crippen molar-refractivity contribution in [1.82, 2.24) is 5.43 Å². The quantitative estimate of drug-likeness (QED) is 0.556. The minimum atomic E-state index is -1.27.